The number of benzene rings is 1. The van der Waals surface area contributed by atoms with Gasteiger partial charge in [-0.2, -0.15) is 0 Å². The van der Waals surface area contributed by atoms with E-state index in [2.05, 4.69) is 9.97 Å². The molecule has 132 valence electrons. The van der Waals surface area contributed by atoms with Crippen LogP contribution in [0.25, 0.3) is 0 Å². The Hall–Kier alpha value is -1.63. The highest BCUT2D eigenvalue weighted by Crippen LogP contribution is 2.31. The van der Waals surface area contributed by atoms with E-state index < -0.39 is 0 Å². The molecule has 2 unspecified atom stereocenters. The van der Waals surface area contributed by atoms with Crippen molar-refractivity contribution in [3.63, 3.8) is 0 Å². The third-order valence-electron chi connectivity index (χ3n) is 4.27. The Kier molecular flexibility index (Phi) is 5.93. The van der Waals surface area contributed by atoms with Gasteiger partial charge in [-0.3, -0.25) is 14.7 Å². The number of hydrogen-bond acceptors (Lipinski definition) is 5. The van der Waals surface area contributed by atoms with Crippen LogP contribution in [0.4, 0.5) is 5.82 Å². The van der Waals surface area contributed by atoms with E-state index in [1.807, 2.05) is 31.4 Å². The first kappa shape index (κ1) is 18.2. The molecule has 2 aromatic rings. The molecule has 1 amide bonds. The van der Waals surface area contributed by atoms with Crippen molar-refractivity contribution in [1.82, 2.24) is 9.97 Å². The van der Waals surface area contributed by atoms with E-state index in [0.717, 1.165) is 23.3 Å². The first-order chi connectivity index (χ1) is 12.1. The molecule has 0 aliphatic carbocycles. The van der Waals surface area contributed by atoms with Crippen molar-refractivity contribution < 1.29 is 9.53 Å². The maximum Gasteiger partial charge on any atom is 0.237 e. The number of aromatic nitrogens is 2. The van der Waals surface area contributed by atoms with E-state index in [1.54, 1.807) is 35.3 Å². The lowest BCUT2D eigenvalue weighted by atomic mass is 9.99. The van der Waals surface area contributed by atoms with Crippen molar-refractivity contribution in [2.75, 3.05) is 17.8 Å². The second-order valence-corrected chi connectivity index (χ2v) is 7.11. The summed E-state index contributed by atoms with van der Waals surface area (Å²) in [6, 6.07) is 5.76. The van der Waals surface area contributed by atoms with E-state index in [9.17, 15) is 4.79 Å². The molecule has 1 aliphatic heterocycles. The van der Waals surface area contributed by atoms with Crippen LogP contribution in [0.2, 0.25) is 5.02 Å². The number of anilines is 1. The highest BCUT2D eigenvalue weighted by Gasteiger charge is 2.33. The Balaban J connectivity index is 1.90. The highest BCUT2D eigenvalue weighted by molar-refractivity contribution is 7.98. The summed E-state index contributed by atoms with van der Waals surface area (Å²) in [5, 5.41) is 0.660. The summed E-state index contributed by atoms with van der Waals surface area (Å²) in [7, 11) is 0. The zero-order valence-corrected chi connectivity index (χ0v) is 15.8. The maximum absolute atomic E-state index is 13.2. The standard InChI is InChI=1S/C18H20ClN3O2S/c1-12(13-5-6-15(25-2)14(19)10-13)18(23)22(17-4-3-9-24-17)16-11-20-7-8-21-16/h5-8,10-12,17H,3-4,9H2,1-2H3. The average molecular weight is 378 g/mol. The van der Waals surface area contributed by atoms with Crippen LogP contribution in [0.5, 0.6) is 0 Å². The fourth-order valence-electron chi connectivity index (χ4n) is 2.89. The molecule has 1 aliphatic rings. The number of nitrogens with zero attached hydrogens (tertiary/aromatic N) is 3. The SMILES string of the molecule is CSc1ccc(C(C)C(=O)N(c2cnccn2)C2CCCO2)cc1Cl. The lowest BCUT2D eigenvalue weighted by molar-refractivity contribution is -0.121. The number of amides is 1. The molecule has 0 radical (unpaired) electrons. The first-order valence-electron chi connectivity index (χ1n) is 8.16. The van der Waals surface area contributed by atoms with Crippen molar-refractivity contribution in [3.05, 3.63) is 47.4 Å². The number of halogens is 1. The van der Waals surface area contributed by atoms with E-state index in [0.29, 0.717) is 17.4 Å². The number of carbonyl (C=O) groups is 1. The predicted molar refractivity (Wildman–Crippen MR) is 100 cm³/mol. The fourth-order valence-corrected chi connectivity index (χ4v) is 3.76. The quantitative estimate of drug-likeness (QED) is 0.733. The van der Waals surface area contributed by atoms with Gasteiger partial charge >= 0.3 is 0 Å². The van der Waals surface area contributed by atoms with Gasteiger partial charge in [0, 0.05) is 23.9 Å². The van der Waals surface area contributed by atoms with Crippen LogP contribution in [0.1, 0.15) is 31.2 Å². The van der Waals surface area contributed by atoms with E-state index in [4.69, 9.17) is 16.3 Å². The van der Waals surface area contributed by atoms with E-state index in [-0.39, 0.29) is 18.1 Å². The third-order valence-corrected chi connectivity index (χ3v) is 5.49. The summed E-state index contributed by atoms with van der Waals surface area (Å²) >= 11 is 7.89. The molecule has 0 N–H and O–H groups in total. The van der Waals surface area contributed by atoms with Gasteiger partial charge in [0.2, 0.25) is 5.91 Å². The van der Waals surface area contributed by atoms with Crippen molar-refractivity contribution in [2.45, 2.75) is 36.8 Å². The van der Waals surface area contributed by atoms with E-state index >= 15 is 0 Å². The Morgan fingerprint density at radius 3 is 2.88 bits per heavy atom. The van der Waals surface area contributed by atoms with Gasteiger partial charge in [0.25, 0.3) is 0 Å². The molecular weight excluding hydrogens is 358 g/mol. The molecule has 5 nitrogen and oxygen atoms in total. The minimum Gasteiger partial charge on any atom is -0.358 e. The average Bonchev–Trinajstić information content (AvgIpc) is 3.16. The Labute approximate surface area is 156 Å². The molecule has 1 fully saturated rings. The second-order valence-electron chi connectivity index (χ2n) is 5.86. The molecular formula is C18H20ClN3O2S. The zero-order chi connectivity index (χ0) is 17.8. The molecule has 1 aromatic heterocycles. The van der Waals surface area contributed by atoms with Crippen LogP contribution in [0.3, 0.4) is 0 Å². The molecule has 1 aromatic carbocycles. The fraction of sp³-hybridized carbons (Fsp3) is 0.389. The minimum absolute atomic E-state index is 0.0691. The van der Waals surface area contributed by atoms with Crippen molar-refractivity contribution in [2.24, 2.45) is 0 Å². The van der Waals surface area contributed by atoms with Crippen LogP contribution in [-0.4, -0.2) is 35.0 Å². The van der Waals surface area contributed by atoms with Crippen molar-refractivity contribution in [3.8, 4) is 0 Å². The molecule has 0 spiro atoms. The smallest absolute Gasteiger partial charge is 0.237 e. The summed E-state index contributed by atoms with van der Waals surface area (Å²) in [5.41, 5.74) is 0.875. The number of hydrogen-bond donors (Lipinski definition) is 0. The van der Waals surface area contributed by atoms with E-state index in [1.165, 1.54) is 0 Å². The molecule has 2 atom stereocenters. The number of rotatable bonds is 5. The summed E-state index contributed by atoms with van der Waals surface area (Å²) in [5.74, 6) is 0.0815. The van der Waals surface area contributed by atoms with Gasteiger partial charge in [0.15, 0.2) is 5.82 Å². The number of thioether (sulfide) groups is 1. The normalized spacial score (nSPS) is 18.1. The van der Waals surface area contributed by atoms with Gasteiger partial charge in [-0.15, -0.1) is 11.8 Å². The number of ether oxygens (including phenoxy) is 1. The molecule has 2 heterocycles. The lowest BCUT2D eigenvalue weighted by Crippen LogP contribution is -2.43. The Bertz CT molecular complexity index is 738. The monoisotopic (exact) mass is 377 g/mol. The molecule has 7 heteroatoms. The van der Waals surface area contributed by atoms with Gasteiger partial charge in [-0.1, -0.05) is 17.7 Å². The second kappa shape index (κ2) is 8.17. The van der Waals surface area contributed by atoms with Gasteiger partial charge in [-0.25, -0.2) is 4.98 Å². The summed E-state index contributed by atoms with van der Waals surface area (Å²) in [4.78, 5) is 24.2. The van der Waals surface area contributed by atoms with Crippen molar-refractivity contribution in [1.29, 1.82) is 0 Å². The summed E-state index contributed by atoms with van der Waals surface area (Å²) in [6.07, 6.45) is 8.16. The van der Waals surface area contributed by atoms with Crippen LogP contribution in [-0.2, 0) is 9.53 Å². The first-order valence-corrected chi connectivity index (χ1v) is 9.76. The molecule has 0 bridgehead atoms. The third kappa shape index (κ3) is 3.97. The molecule has 1 saturated heterocycles. The van der Waals surface area contributed by atoms with Crippen LogP contribution in [0.15, 0.2) is 41.7 Å². The van der Waals surface area contributed by atoms with Crippen LogP contribution < -0.4 is 4.90 Å². The topological polar surface area (TPSA) is 55.3 Å². The maximum atomic E-state index is 13.2. The number of carbonyl (C=O) groups excluding carboxylic acids is 1. The summed E-state index contributed by atoms with van der Waals surface area (Å²) < 4.78 is 5.74. The van der Waals surface area contributed by atoms with Crippen molar-refractivity contribution >= 4 is 35.1 Å². The van der Waals surface area contributed by atoms with Gasteiger partial charge in [0.05, 0.1) is 17.1 Å². The Morgan fingerprint density at radius 1 is 1.44 bits per heavy atom. The molecule has 25 heavy (non-hydrogen) atoms. The summed E-state index contributed by atoms with van der Waals surface area (Å²) in [6.45, 7) is 2.53. The van der Waals surface area contributed by atoms with Gasteiger partial charge in [0.1, 0.15) is 6.23 Å². The molecule has 0 saturated carbocycles. The minimum atomic E-state index is -0.361. The lowest BCUT2D eigenvalue weighted by Gasteiger charge is -2.29. The van der Waals surface area contributed by atoms with Crippen LogP contribution >= 0.6 is 23.4 Å². The largest absolute Gasteiger partial charge is 0.358 e. The Morgan fingerprint density at radius 2 is 2.28 bits per heavy atom. The predicted octanol–water partition coefficient (Wildman–Crippen LogP) is 4.13. The highest BCUT2D eigenvalue weighted by atomic mass is 35.5. The molecule has 3 rings (SSSR count). The van der Waals surface area contributed by atoms with Gasteiger partial charge in [-0.05, 0) is 43.7 Å². The van der Waals surface area contributed by atoms with Gasteiger partial charge < -0.3 is 4.74 Å². The van der Waals surface area contributed by atoms with Crippen LogP contribution in [0, 0.1) is 0 Å². The zero-order valence-electron chi connectivity index (χ0n) is 14.2.